The standard InChI is InChI=1S/C22H23NO4/c1-17(2)21(24)26-15-14-23-22(25)27-16-20-12-10-19(11-13-20)9-8-18-6-4-3-5-7-18/h3-13H,1,14-16H2,2H3,(H,23,25)/b9-8+. The lowest BCUT2D eigenvalue weighted by Gasteiger charge is -2.08. The monoisotopic (exact) mass is 365 g/mol. The first-order valence-electron chi connectivity index (χ1n) is 8.60. The first kappa shape index (κ1) is 20.0. The largest absolute Gasteiger partial charge is 0.460 e. The average molecular weight is 365 g/mol. The molecular weight excluding hydrogens is 342 g/mol. The fourth-order valence-electron chi connectivity index (χ4n) is 2.10. The Morgan fingerprint density at radius 2 is 1.59 bits per heavy atom. The summed E-state index contributed by atoms with van der Waals surface area (Å²) in [5.41, 5.74) is 3.40. The molecule has 0 aliphatic carbocycles. The molecule has 0 bridgehead atoms. The van der Waals surface area contributed by atoms with Gasteiger partial charge in [-0.15, -0.1) is 0 Å². The van der Waals surface area contributed by atoms with Crippen LogP contribution in [0.1, 0.15) is 23.6 Å². The summed E-state index contributed by atoms with van der Waals surface area (Å²) < 4.78 is 10.00. The van der Waals surface area contributed by atoms with Crippen LogP contribution in [0.4, 0.5) is 4.79 Å². The molecule has 1 N–H and O–H groups in total. The maximum absolute atomic E-state index is 11.6. The molecule has 0 fully saturated rings. The number of benzene rings is 2. The lowest BCUT2D eigenvalue weighted by Crippen LogP contribution is -2.28. The van der Waals surface area contributed by atoms with Crippen molar-refractivity contribution in [3.05, 3.63) is 83.4 Å². The smallest absolute Gasteiger partial charge is 0.407 e. The first-order chi connectivity index (χ1) is 13.0. The van der Waals surface area contributed by atoms with Crippen molar-refractivity contribution in [3.63, 3.8) is 0 Å². The van der Waals surface area contributed by atoms with Crippen molar-refractivity contribution in [3.8, 4) is 0 Å². The van der Waals surface area contributed by atoms with Crippen molar-refractivity contribution in [2.75, 3.05) is 13.2 Å². The molecule has 5 heteroatoms. The second-order valence-corrected chi connectivity index (χ2v) is 5.90. The van der Waals surface area contributed by atoms with E-state index in [1.54, 1.807) is 6.92 Å². The zero-order chi connectivity index (χ0) is 19.5. The minimum Gasteiger partial charge on any atom is -0.460 e. The Morgan fingerprint density at radius 1 is 0.963 bits per heavy atom. The van der Waals surface area contributed by atoms with Crippen molar-refractivity contribution >= 4 is 24.2 Å². The Bertz CT molecular complexity index is 795. The average Bonchev–Trinajstić information content (AvgIpc) is 2.69. The molecule has 0 aromatic heterocycles. The molecule has 2 aromatic carbocycles. The first-order valence-corrected chi connectivity index (χ1v) is 8.60. The molecule has 0 saturated carbocycles. The van der Waals surface area contributed by atoms with Crippen LogP contribution < -0.4 is 5.32 Å². The van der Waals surface area contributed by atoms with Crippen LogP contribution in [0.3, 0.4) is 0 Å². The summed E-state index contributed by atoms with van der Waals surface area (Å²) in [6, 6.07) is 17.8. The van der Waals surface area contributed by atoms with E-state index in [1.807, 2.05) is 66.7 Å². The van der Waals surface area contributed by atoms with E-state index in [9.17, 15) is 9.59 Å². The van der Waals surface area contributed by atoms with Crippen LogP contribution in [0, 0.1) is 0 Å². The quantitative estimate of drug-likeness (QED) is 0.329. The highest BCUT2D eigenvalue weighted by Crippen LogP contribution is 2.10. The minimum absolute atomic E-state index is 0.0727. The molecule has 2 aromatic rings. The molecule has 27 heavy (non-hydrogen) atoms. The third-order valence-electron chi connectivity index (χ3n) is 3.57. The van der Waals surface area contributed by atoms with Gasteiger partial charge in [-0.25, -0.2) is 9.59 Å². The van der Waals surface area contributed by atoms with Gasteiger partial charge in [-0.3, -0.25) is 0 Å². The van der Waals surface area contributed by atoms with Crippen LogP contribution in [0.15, 0.2) is 66.7 Å². The highest BCUT2D eigenvalue weighted by Gasteiger charge is 2.05. The lowest BCUT2D eigenvalue weighted by atomic mass is 10.1. The summed E-state index contributed by atoms with van der Waals surface area (Å²) in [5.74, 6) is -0.480. The number of carbonyl (C=O) groups is 2. The van der Waals surface area contributed by atoms with Gasteiger partial charge in [0.05, 0.1) is 6.54 Å². The van der Waals surface area contributed by atoms with E-state index in [1.165, 1.54) is 0 Å². The van der Waals surface area contributed by atoms with Crippen molar-refractivity contribution in [1.29, 1.82) is 0 Å². The van der Waals surface area contributed by atoms with Gasteiger partial charge in [-0.1, -0.05) is 73.3 Å². The molecule has 1 amide bonds. The van der Waals surface area contributed by atoms with Crippen LogP contribution >= 0.6 is 0 Å². The van der Waals surface area contributed by atoms with Gasteiger partial charge in [-0.2, -0.15) is 0 Å². The Morgan fingerprint density at radius 3 is 2.22 bits per heavy atom. The highest BCUT2D eigenvalue weighted by molar-refractivity contribution is 5.86. The zero-order valence-electron chi connectivity index (χ0n) is 15.3. The van der Waals surface area contributed by atoms with Gasteiger partial charge in [0.15, 0.2) is 0 Å². The third kappa shape index (κ3) is 7.61. The van der Waals surface area contributed by atoms with Gasteiger partial charge in [-0.05, 0) is 23.6 Å². The molecule has 0 saturated heterocycles. The van der Waals surface area contributed by atoms with Crippen molar-refractivity contribution in [2.24, 2.45) is 0 Å². The number of nitrogens with one attached hydrogen (secondary N) is 1. The fourth-order valence-corrected chi connectivity index (χ4v) is 2.10. The summed E-state index contributed by atoms with van der Waals surface area (Å²) in [4.78, 5) is 22.8. The lowest BCUT2D eigenvalue weighted by molar-refractivity contribution is -0.138. The van der Waals surface area contributed by atoms with Crippen LogP contribution in [-0.2, 0) is 20.9 Å². The predicted molar refractivity (Wildman–Crippen MR) is 106 cm³/mol. The van der Waals surface area contributed by atoms with Crippen LogP contribution in [-0.4, -0.2) is 25.2 Å². The van der Waals surface area contributed by atoms with Gasteiger partial charge in [0.1, 0.15) is 13.2 Å². The van der Waals surface area contributed by atoms with Gasteiger partial charge in [0, 0.05) is 5.57 Å². The Labute approximate surface area is 159 Å². The van der Waals surface area contributed by atoms with Crippen LogP contribution in [0.2, 0.25) is 0 Å². The second-order valence-electron chi connectivity index (χ2n) is 5.90. The number of alkyl carbamates (subject to hydrolysis) is 1. The predicted octanol–water partition coefficient (Wildman–Crippen LogP) is 4.20. The summed E-state index contributed by atoms with van der Waals surface area (Å²) in [6.07, 6.45) is 3.51. The topological polar surface area (TPSA) is 64.6 Å². The molecule has 5 nitrogen and oxygen atoms in total. The maximum atomic E-state index is 11.6. The van der Waals surface area contributed by atoms with E-state index in [4.69, 9.17) is 9.47 Å². The molecule has 0 spiro atoms. The molecule has 140 valence electrons. The van der Waals surface area contributed by atoms with Crippen molar-refractivity contribution < 1.29 is 19.1 Å². The molecule has 0 radical (unpaired) electrons. The molecule has 0 aliphatic heterocycles. The molecule has 0 unspecified atom stereocenters. The van der Waals surface area contributed by atoms with Gasteiger partial charge < -0.3 is 14.8 Å². The molecule has 0 aliphatic rings. The highest BCUT2D eigenvalue weighted by atomic mass is 16.6. The Kier molecular flexibility index (Phi) is 7.85. The fraction of sp³-hybridized carbons (Fsp3) is 0.182. The number of hydrogen-bond donors (Lipinski definition) is 1. The maximum Gasteiger partial charge on any atom is 0.407 e. The number of esters is 1. The van der Waals surface area contributed by atoms with Crippen LogP contribution in [0.5, 0.6) is 0 Å². The molecule has 2 rings (SSSR count). The SMILES string of the molecule is C=C(C)C(=O)OCCNC(=O)OCc1ccc(/C=C/c2ccccc2)cc1. The van der Waals surface area contributed by atoms with E-state index in [0.29, 0.717) is 5.57 Å². The Balaban J connectivity index is 1.70. The summed E-state index contributed by atoms with van der Waals surface area (Å²) in [7, 11) is 0. The van der Waals surface area contributed by atoms with Crippen LogP contribution in [0.25, 0.3) is 12.2 Å². The Hall–Kier alpha value is -3.34. The number of carbonyl (C=O) groups excluding carboxylic acids is 2. The number of ether oxygens (including phenoxy) is 2. The van der Waals surface area contributed by atoms with Gasteiger partial charge in [0.25, 0.3) is 0 Å². The van der Waals surface area contributed by atoms with E-state index in [-0.39, 0.29) is 19.8 Å². The summed E-state index contributed by atoms with van der Waals surface area (Å²) in [6.45, 7) is 5.46. The van der Waals surface area contributed by atoms with E-state index in [2.05, 4.69) is 11.9 Å². The van der Waals surface area contributed by atoms with E-state index >= 15 is 0 Å². The number of rotatable bonds is 8. The summed E-state index contributed by atoms with van der Waals surface area (Å²) in [5, 5.41) is 2.52. The van der Waals surface area contributed by atoms with Gasteiger partial charge >= 0.3 is 12.1 Å². The second kappa shape index (κ2) is 10.6. The van der Waals surface area contributed by atoms with Crippen molar-refractivity contribution in [2.45, 2.75) is 13.5 Å². The molecular formula is C22H23NO4. The molecule has 0 heterocycles. The van der Waals surface area contributed by atoms with Gasteiger partial charge in [0.2, 0.25) is 0 Å². The zero-order valence-corrected chi connectivity index (χ0v) is 15.3. The minimum atomic E-state index is -0.561. The molecule has 0 atom stereocenters. The normalized spacial score (nSPS) is 10.4. The van der Waals surface area contributed by atoms with E-state index in [0.717, 1.165) is 16.7 Å². The third-order valence-corrected chi connectivity index (χ3v) is 3.57. The number of amides is 1. The van der Waals surface area contributed by atoms with Crippen molar-refractivity contribution in [1.82, 2.24) is 5.32 Å². The van der Waals surface area contributed by atoms with E-state index < -0.39 is 12.1 Å². The summed E-state index contributed by atoms with van der Waals surface area (Å²) >= 11 is 0. The number of hydrogen-bond acceptors (Lipinski definition) is 4.